The van der Waals surface area contributed by atoms with E-state index in [0.29, 0.717) is 37.6 Å². The van der Waals surface area contributed by atoms with Crippen LogP contribution in [0.3, 0.4) is 0 Å². The van der Waals surface area contributed by atoms with Crippen LogP contribution in [0.25, 0.3) is 0 Å². The van der Waals surface area contributed by atoms with Crippen LogP contribution in [0.2, 0.25) is 5.02 Å². The van der Waals surface area contributed by atoms with Crippen molar-refractivity contribution in [3.63, 3.8) is 0 Å². The summed E-state index contributed by atoms with van der Waals surface area (Å²) >= 11 is 6.06. The van der Waals surface area contributed by atoms with E-state index in [4.69, 9.17) is 16.3 Å². The van der Waals surface area contributed by atoms with Crippen LogP contribution in [-0.4, -0.2) is 36.5 Å². The number of halogens is 1. The predicted octanol–water partition coefficient (Wildman–Crippen LogP) is 3.42. The van der Waals surface area contributed by atoms with Gasteiger partial charge in [0.2, 0.25) is 0 Å². The van der Waals surface area contributed by atoms with Gasteiger partial charge in [-0.2, -0.15) is 0 Å². The van der Waals surface area contributed by atoms with E-state index in [0.717, 1.165) is 5.56 Å². The van der Waals surface area contributed by atoms with Gasteiger partial charge < -0.3 is 9.64 Å². The van der Waals surface area contributed by atoms with E-state index in [1.807, 2.05) is 18.2 Å². The second kappa shape index (κ2) is 6.48. The fraction of sp³-hybridized carbons (Fsp3) is 0.500. The molecule has 1 aromatic rings. The topological polar surface area (TPSA) is 46.6 Å². The highest BCUT2D eigenvalue weighted by Gasteiger charge is 2.41. The summed E-state index contributed by atoms with van der Waals surface area (Å²) in [5.41, 5.74) is 0.388. The lowest BCUT2D eigenvalue weighted by Crippen LogP contribution is -2.48. The first-order valence-corrected chi connectivity index (χ1v) is 7.56. The zero-order valence-electron chi connectivity index (χ0n) is 12.4. The summed E-state index contributed by atoms with van der Waals surface area (Å²) in [5.74, 6) is 0.119. The van der Waals surface area contributed by atoms with Crippen LogP contribution < -0.4 is 0 Å². The summed E-state index contributed by atoms with van der Waals surface area (Å²) < 4.78 is 5.02. The van der Waals surface area contributed by atoms with Crippen molar-refractivity contribution < 1.29 is 14.3 Å². The van der Waals surface area contributed by atoms with Gasteiger partial charge in [0.25, 0.3) is 0 Å². The number of rotatable bonds is 3. The van der Waals surface area contributed by atoms with Crippen LogP contribution in [0.5, 0.6) is 0 Å². The quantitative estimate of drug-likeness (QED) is 0.859. The van der Waals surface area contributed by atoms with Gasteiger partial charge in [0.15, 0.2) is 0 Å². The van der Waals surface area contributed by atoms with E-state index in [2.05, 4.69) is 0 Å². The molecule has 0 saturated carbocycles. The molecule has 2 rings (SSSR count). The number of hydrogen-bond acceptors (Lipinski definition) is 3. The number of ketones is 1. The van der Waals surface area contributed by atoms with E-state index >= 15 is 0 Å². The van der Waals surface area contributed by atoms with Crippen molar-refractivity contribution in [1.29, 1.82) is 0 Å². The Hall–Kier alpha value is -1.55. The number of amides is 1. The Bertz CT molecular complexity index is 536. The zero-order valence-corrected chi connectivity index (χ0v) is 13.2. The van der Waals surface area contributed by atoms with Crippen LogP contribution in [-0.2, 0) is 14.9 Å². The molecule has 5 heteroatoms. The molecule has 0 bridgehead atoms. The van der Waals surface area contributed by atoms with Gasteiger partial charge >= 0.3 is 6.09 Å². The van der Waals surface area contributed by atoms with Crippen molar-refractivity contribution in [3.05, 3.63) is 34.9 Å². The maximum absolute atomic E-state index is 12.3. The highest BCUT2D eigenvalue weighted by Crippen LogP contribution is 2.37. The van der Waals surface area contributed by atoms with E-state index in [1.165, 1.54) is 0 Å². The molecule has 0 spiro atoms. The first-order valence-electron chi connectivity index (χ1n) is 7.18. The van der Waals surface area contributed by atoms with Gasteiger partial charge in [-0.05, 0) is 44.4 Å². The lowest BCUT2D eigenvalue weighted by Gasteiger charge is -2.40. The molecule has 1 saturated heterocycles. The molecule has 1 heterocycles. The molecule has 114 valence electrons. The van der Waals surface area contributed by atoms with E-state index < -0.39 is 5.41 Å². The molecule has 0 aliphatic carbocycles. The monoisotopic (exact) mass is 309 g/mol. The molecule has 0 N–H and O–H groups in total. The number of carbonyl (C=O) groups is 2. The Morgan fingerprint density at radius 1 is 1.33 bits per heavy atom. The average Bonchev–Trinajstić information content (AvgIpc) is 2.47. The third-order valence-electron chi connectivity index (χ3n) is 4.19. The highest BCUT2D eigenvalue weighted by molar-refractivity contribution is 6.30. The van der Waals surface area contributed by atoms with Gasteiger partial charge in [-0.15, -0.1) is 0 Å². The third kappa shape index (κ3) is 3.21. The largest absolute Gasteiger partial charge is 0.450 e. The van der Waals surface area contributed by atoms with Crippen LogP contribution in [0.15, 0.2) is 24.3 Å². The van der Waals surface area contributed by atoms with Crippen molar-refractivity contribution in [3.8, 4) is 0 Å². The number of hydrogen-bond donors (Lipinski definition) is 0. The highest BCUT2D eigenvalue weighted by atomic mass is 35.5. The normalized spacial score (nSPS) is 17.4. The molecule has 1 aliphatic heterocycles. The zero-order chi connectivity index (χ0) is 15.5. The molecule has 1 aliphatic rings. The molecule has 0 aromatic heterocycles. The Balaban J connectivity index is 2.20. The summed E-state index contributed by atoms with van der Waals surface area (Å²) in [5, 5.41) is 0.626. The summed E-state index contributed by atoms with van der Waals surface area (Å²) in [7, 11) is 0. The fourth-order valence-electron chi connectivity index (χ4n) is 2.92. The van der Waals surface area contributed by atoms with Crippen LogP contribution >= 0.6 is 11.6 Å². The molecule has 4 nitrogen and oxygen atoms in total. The Labute approximate surface area is 130 Å². The Morgan fingerprint density at radius 3 is 2.52 bits per heavy atom. The second-order valence-corrected chi connectivity index (χ2v) is 5.77. The van der Waals surface area contributed by atoms with Crippen molar-refractivity contribution in [2.24, 2.45) is 0 Å². The van der Waals surface area contributed by atoms with E-state index in [9.17, 15) is 9.59 Å². The number of ether oxygens (including phenoxy) is 1. The number of benzene rings is 1. The lowest BCUT2D eigenvalue weighted by atomic mass is 9.70. The number of Topliss-reactive ketones (excluding diaryl/α,β-unsaturated/α-hetero) is 1. The number of piperidine rings is 1. The lowest BCUT2D eigenvalue weighted by molar-refractivity contribution is -0.124. The maximum atomic E-state index is 12.3. The van der Waals surface area contributed by atoms with Crippen LogP contribution in [0.1, 0.15) is 32.3 Å². The molecule has 21 heavy (non-hydrogen) atoms. The Kier molecular flexibility index (Phi) is 4.88. The van der Waals surface area contributed by atoms with E-state index in [-0.39, 0.29) is 11.9 Å². The van der Waals surface area contributed by atoms with Gasteiger partial charge in [0, 0.05) is 18.1 Å². The molecule has 1 aromatic carbocycles. The van der Waals surface area contributed by atoms with Gasteiger partial charge in [0.05, 0.1) is 12.0 Å². The van der Waals surface area contributed by atoms with E-state index in [1.54, 1.807) is 24.8 Å². The first kappa shape index (κ1) is 15.8. The number of carbonyl (C=O) groups excluding carboxylic acids is 2. The van der Waals surface area contributed by atoms with Gasteiger partial charge in [-0.3, -0.25) is 4.79 Å². The van der Waals surface area contributed by atoms with Crippen molar-refractivity contribution in [2.75, 3.05) is 19.7 Å². The summed E-state index contributed by atoms with van der Waals surface area (Å²) in [6, 6.07) is 7.45. The Morgan fingerprint density at radius 2 is 2.00 bits per heavy atom. The molecular formula is C16H20ClNO3. The summed E-state index contributed by atoms with van der Waals surface area (Å²) in [6.07, 6.45) is 0.893. The van der Waals surface area contributed by atoms with Gasteiger partial charge in [-0.25, -0.2) is 4.79 Å². The predicted molar refractivity (Wildman–Crippen MR) is 81.6 cm³/mol. The van der Waals surface area contributed by atoms with Crippen molar-refractivity contribution in [2.45, 2.75) is 32.1 Å². The average molecular weight is 310 g/mol. The maximum Gasteiger partial charge on any atom is 0.409 e. The summed E-state index contributed by atoms with van der Waals surface area (Å²) in [6.45, 7) is 4.80. The van der Waals surface area contributed by atoms with Crippen molar-refractivity contribution >= 4 is 23.5 Å². The fourth-order valence-corrected chi connectivity index (χ4v) is 3.11. The number of likely N-dealkylation sites (tertiary alicyclic amines) is 1. The first-order chi connectivity index (χ1) is 9.99. The van der Waals surface area contributed by atoms with Gasteiger partial charge in [0.1, 0.15) is 5.78 Å². The molecule has 0 atom stereocenters. The van der Waals surface area contributed by atoms with Crippen molar-refractivity contribution in [1.82, 2.24) is 4.90 Å². The summed E-state index contributed by atoms with van der Waals surface area (Å²) in [4.78, 5) is 25.7. The minimum absolute atomic E-state index is 0.119. The minimum atomic E-state index is -0.548. The SMILES string of the molecule is CCOC(=O)N1CCC(C(C)=O)(c2cccc(Cl)c2)CC1. The molecular weight excluding hydrogens is 290 g/mol. The smallest absolute Gasteiger partial charge is 0.409 e. The molecule has 1 amide bonds. The number of nitrogens with zero attached hydrogens (tertiary/aromatic N) is 1. The minimum Gasteiger partial charge on any atom is -0.450 e. The third-order valence-corrected chi connectivity index (χ3v) is 4.43. The molecule has 0 unspecified atom stereocenters. The van der Waals surface area contributed by atoms with Crippen LogP contribution in [0, 0.1) is 0 Å². The van der Waals surface area contributed by atoms with Crippen LogP contribution in [0.4, 0.5) is 4.79 Å². The molecule has 0 radical (unpaired) electrons. The molecule has 1 fully saturated rings. The standard InChI is InChI=1S/C16H20ClNO3/c1-3-21-15(20)18-9-7-16(8-10-18,12(2)19)13-5-4-6-14(17)11-13/h4-6,11H,3,7-10H2,1-2H3. The van der Waals surface area contributed by atoms with Gasteiger partial charge in [-0.1, -0.05) is 23.7 Å². The second-order valence-electron chi connectivity index (χ2n) is 5.33.